The number of nitrogens with zero attached hydrogens (tertiary/aromatic N) is 1. The number of carbonyl (C=O) groups excluding carboxylic acids is 1. The summed E-state index contributed by atoms with van der Waals surface area (Å²) in [6, 6.07) is 16.2. The van der Waals surface area contributed by atoms with Crippen LogP contribution in [-0.4, -0.2) is 10.9 Å². The molecule has 0 spiro atoms. The Hall–Kier alpha value is -1.63. The molecule has 4 rings (SSSR count). The molecule has 1 aromatic heterocycles. The third-order valence-electron chi connectivity index (χ3n) is 3.99. The summed E-state index contributed by atoms with van der Waals surface area (Å²) in [6.45, 7) is 0. The van der Waals surface area contributed by atoms with Gasteiger partial charge in [-0.15, -0.1) is 11.3 Å². The van der Waals surface area contributed by atoms with E-state index in [1.807, 2.05) is 24.3 Å². The standard InChI is InChI=1S/C20H10BrCl3N2OS/c21-10-5-6-14(23)12(7-10)19(27)26-18-13(8-11(22)9-15(18)24)20-25-16-3-1-2-4-17(16)28-20/h1-9H,(H,26,27). The number of benzene rings is 3. The van der Waals surface area contributed by atoms with Crippen molar-refractivity contribution in [1.29, 1.82) is 0 Å². The molecule has 0 bridgehead atoms. The van der Waals surface area contributed by atoms with E-state index in [9.17, 15) is 4.79 Å². The van der Waals surface area contributed by atoms with Gasteiger partial charge in [0.15, 0.2) is 0 Å². The van der Waals surface area contributed by atoms with Gasteiger partial charge in [-0.2, -0.15) is 0 Å². The van der Waals surface area contributed by atoms with Gasteiger partial charge in [-0.1, -0.05) is 62.9 Å². The Morgan fingerprint density at radius 2 is 1.79 bits per heavy atom. The lowest BCUT2D eigenvalue weighted by Crippen LogP contribution is -2.13. The Labute approximate surface area is 188 Å². The number of aromatic nitrogens is 1. The van der Waals surface area contributed by atoms with Crippen LogP contribution in [0.5, 0.6) is 0 Å². The highest BCUT2D eigenvalue weighted by Crippen LogP contribution is 2.40. The van der Waals surface area contributed by atoms with Crippen molar-refractivity contribution < 1.29 is 4.79 Å². The van der Waals surface area contributed by atoms with Crippen molar-refractivity contribution in [3.05, 3.63) is 79.7 Å². The monoisotopic (exact) mass is 510 g/mol. The van der Waals surface area contributed by atoms with Crippen LogP contribution in [-0.2, 0) is 0 Å². The highest BCUT2D eigenvalue weighted by molar-refractivity contribution is 9.10. The number of carbonyl (C=O) groups is 1. The zero-order valence-corrected chi connectivity index (χ0v) is 18.6. The van der Waals surface area contributed by atoms with E-state index in [0.717, 1.165) is 14.7 Å². The number of para-hydroxylation sites is 1. The van der Waals surface area contributed by atoms with Crippen molar-refractivity contribution in [2.45, 2.75) is 0 Å². The lowest BCUT2D eigenvalue weighted by molar-refractivity contribution is 0.102. The van der Waals surface area contributed by atoms with E-state index >= 15 is 0 Å². The molecular formula is C20H10BrCl3N2OS. The molecule has 4 aromatic rings. The van der Waals surface area contributed by atoms with Gasteiger partial charge in [0.05, 0.1) is 31.5 Å². The minimum absolute atomic E-state index is 0.321. The summed E-state index contributed by atoms with van der Waals surface area (Å²) in [6.07, 6.45) is 0. The molecule has 0 unspecified atom stereocenters. The molecule has 1 heterocycles. The Balaban J connectivity index is 1.81. The molecule has 0 atom stereocenters. The summed E-state index contributed by atoms with van der Waals surface area (Å²) in [5, 5.41) is 4.69. The number of nitrogens with one attached hydrogen (secondary N) is 1. The van der Waals surface area contributed by atoms with Crippen molar-refractivity contribution in [3.8, 4) is 10.6 Å². The van der Waals surface area contributed by atoms with Crippen LogP contribution in [0.3, 0.4) is 0 Å². The summed E-state index contributed by atoms with van der Waals surface area (Å²) in [7, 11) is 0. The van der Waals surface area contributed by atoms with Crippen molar-refractivity contribution in [1.82, 2.24) is 4.98 Å². The molecule has 140 valence electrons. The van der Waals surface area contributed by atoms with Crippen LogP contribution in [0.1, 0.15) is 10.4 Å². The normalized spacial score (nSPS) is 11.0. The van der Waals surface area contributed by atoms with Gasteiger partial charge in [-0.05, 0) is 42.5 Å². The van der Waals surface area contributed by atoms with Gasteiger partial charge in [0.1, 0.15) is 5.01 Å². The highest BCUT2D eigenvalue weighted by atomic mass is 79.9. The molecule has 0 aliphatic heterocycles. The smallest absolute Gasteiger partial charge is 0.257 e. The second-order valence-corrected chi connectivity index (χ2v) is 9.07. The molecule has 1 N–H and O–H groups in total. The lowest BCUT2D eigenvalue weighted by atomic mass is 10.1. The first-order valence-electron chi connectivity index (χ1n) is 8.04. The Bertz CT molecular complexity index is 1190. The van der Waals surface area contributed by atoms with E-state index in [1.165, 1.54) is 11.3 Å². The number of amides is 1. The average Bonchev–Trinajstić information content (AvgIpc) is 3.09. The third-order valence-corrected chi connectivity index (χ3v) is 6.40. The molecular weight excluding hydrogens is 503 g/mol. The fraction of sp³-hybridized carbons (Fsp3) is 0. The zero-order chi connectivity index (χ0) is 19.8. The Morgan fingerprint density at radius 3 is 2.57 bits per heavy atom. The van der Waals surface area contributed by atoms with Gasteiger partial charge in [0.2, 0.25) is 0 Å². The van der Waals surface area contributed by atoms with Crippen LogP contribution >= 0.6 is 62.1 Å². The molecule has 0 fully saturated rings. The lowest BCUT2D eigenvalue weighted by Gasteiger charge is -2.13. The van der Waals surface area contributed by atoms with E-state index in [-0.39, 0.29) is 5.91 Å². The topological polar surface area (TPSA) is 42.0 Å². The largest absolute Gasteiger partial charge is 0.320 e. The summed E-state index contributed by atoms with van der Waals surface area (Å²) >= 11 is 23.7. The molecule has 0 radical (unpaired) electrons. The number of thiazole rings is 1. The van der Waals surface area contributed by atoms with E-state index in [4.69, 9.17) is 34.8 Å². The summed E-state index contributed by atoms with van der Waals surface area (Å²) in [5.41, 5.74) is 2.28. The Morgan fingerprint density at radius 1 is 1.00 bits per heavy atom. The first-order valence-corrected chi connectivity index (χ1v) is 10.8. The molecule has 0 saturated heterocycles. The van der Waals surface area contributed by atoms with E-state index in [2.05, 4.69) is 26.2 Å². The van der Waals surface area contributed by atoms with Crippen molar-refractivity contribution >= 4 is 83.9 Å². The fourth-order valence-electron chi connectivity index (χ4n) is 2.71. The number of halogens is 4. The molecule has 3 nitrogen and oxygen atoms in total. The quantitative estimate of drug-likeness (QED) is 0.303. The molecule has 1 amide bonds. The summed E-state index contributed by atoms with van der Waals surface area (Å²) in [5.74, 6) is -0.377. The molecule has 28 heavy (non-hydrogen) atoms. The zero-order valence-electron chi connectivity index (χ0n) is 14.0. The van der Waals surface area contributed by atoms with E-state index < -0.39 is 0 Å². The minimum atomic E-state index is -0.377. The fourth-order valence-corrected chi connectivity index (χ4v) is 4.80. The minimum Gasteiger partial charge on any atom is -0.320 e. The second kappa shape index (κ2) is 8.01. The third kappa shape index (κ3) is 3.91. The number of hydrogen-bond acceptors (Lipinski definition) is 3. The number of fused-ring (bicyclic) bond motifs is 1. The van der Waals surface area contributed by atoms with Crippen molar-refractivity contribution in [3.63, 3.8) is 0 Å². The average molecular weight is 513 g/mol. The first-order chi connectivity index (χ1) is 13.4. The second-order valence-electron chi connectivity index (χ2n) is 5.88. The summed E-state index contributed by atoms with van der Waals surface area (Å²) in [4.78, 5) is 17.5. The van der Waals surface area contributed by atoms with Crippen molar-refractivity contribution in [2.24, 2.45) is 0 Å². The van der Waals surface area contributed by atoms with Crippen LogP contribution in [0, 0.1) is 0 Å². The maximum atomic E-state index is 12.9. The van der Waals surface area contributed by atoms with Crippen LogP contribution < -0.4 is 5.32 Å². The van der Waals surface area contributed by atoms with Gasteiger partial charge in [0.25, 0.3) is 5.91 Å². The van der Waals surface area contributed by atoms with Crippen LogP contribution in [0.25, 0.3) is 20.8 Å². The maximum Gasteiger partial charge on any atom is 0.257 e. The predicted molar refractivity (Wildman–Crippen MR) is 122 cm³/mol. The predicted octanol–water partition coefficient (Wildman–Crippen LogP) is 7.94. The SMILES string of the molecule is O=C(Nc1c(Cl)cc(Cl)cc1-c1nc2ccccc2s1)c1cc(Br)ccc1Cl. The van der Waals surface area contributed by atoms with E-state index in [1.54, 1.807) is 30.3 Å². The first kappa shape index (κ1) is 19.7. The van der Waals surface area contributed by atoms with Gasteiger partial charge in [-0.25, -0.2) is 4.98 Å². The number of anilines is 1. The van der Waals surface area contributed by atoms with Gasteiger partial charge < -0.3 is 5.32 Å². The van der Waals surface area contributed by atoms with Gasteiger partial charge >= 0.3 is 0 Å². The molecule has 0 saturated carbocycles. The van der Waals surface area contributed by atoms with Gasteiger partial charge in [0, 0.05) is 15.1 Å². The number of rotatable bonds is 3. The molecule has 0 aliphatic carbocycles. The van der Waals surface area contributed by atoms with E-state index in [0.29, 0.717) is 36.9 Å². The molecule has 8 heteroatoms. The van der Waals surface area contributed by atoms with Crippen LogP contribution in [0.15, 0.2) is 59.1 Å². The van der Waals surface area contributed by atoms with Crippen LogP contribution in [0.2, 0.25) is 15.1 Å². The molecule has 0 aliphatic rings. The number of hydrogen-bond donors (Lipinski definition) is 1. The van der Waals surface area contributed by atoms with Crippen molar-refractivity contribution in [2.75, 3.05) is 5.32 Å². The highest BCUT2D eigenvalue weighted by Gasteiger charge is 2.19. The molecule has 3 aromatic carbocycles. The maximum absolute atomic E-state index is 12.9. The van der Waals surface area contributed by atoms with Crippen LogP contribution in [0.4, 0.5) is 5.69 Å². The summed E-state index contributed by atoms with van der Waals surface area (Å²) < 4.78 is 1.77. The Kier molecular flexibility index (Phi) is 5.63. The van der Waals surface area contributed by atoms with Gasteiger partial charge in [-0.3, -0.25) is 4.79 Å².